The molecule has 106 valence electrons. The van der Waals surface area contributed by atoms with Crippen molar-refractivity contribution in [2.75, 3.05) is 6.54 Å². The first kappa shape index (κ1) is 14.7. The van der Waals surface area contributed by atoms with E-state index in [2.05, 4.69) is 24.4 Å². The molecule has 0 fully saturated rings. The van der Waals surface area contributed by atoms with Crippen LogP contribution in [0.1, 0.15) is 35.8 Å². The van der Waals surface area contributed by atoms with Crippen LogP contribution in [0.5, 0.6) is 0 Å². The van der Waals surface area contributed by atoms with Gasteiger partial charge in [-0.25, -0.2) is 4.39 Å². The summed E-state index contributed by atoms with van der Waals surface area (Å²) in [7, 11) is 0. The summed E-state index contributed by atoms with van der Waals surface area (Å²) in [5, 5.41) is 13.3. The third kappa shape index (κ3) is 3.44. The molecule has 2 aromatic carbocycles. The van der Waals surface area contributed by atoms with E-state index < -0.39 is 6.10 Å². The van der Waals surface area contributed by atoms with Crippen LogP contribution in [0, 0.1) is 12.7 Å². The predicted molar refractivity (Wildman–Crippen MR) is 79.0 cm³/mol. The SMILES string of the molecule is Cc1ccccc1[C@H](C)NCC(O)c1ccccc1F. The first-order valence-corrected chi connectivity index (χ1v) is 6.81. The molecule has 0 radical (unpaired) electrons. The quantitative estimate of drug-likeness (QED) is 0.873. The van der Waals surface area contributed by atoms with Crippen molar-refractivity contribution in [3.8, 4) is 0 Å². The van der Waals surface area contributed by atoms with Crippen LogP contribution in [0.4, 0.5) is 4.39 Å². The van der Waals surface area contributed by atoms with Gasteiger partial charge in [-0.2, -0.15) is 0 Å². The van der Waals surface area contributed by atoms with Crippen molar-refractivity contribution in [1.82, 2.24) is 5.32 Å². The molecule has 0 aliphatic carbocycles. The lowest BCUT2D eigenvalue weighted by Crippen LogP contribution is -2.25. The summed E-state index contributed by atoms with van der Waals surface area (Å²) in [6.07, 6.45) is -0.845. The highest BCUT2D eigenvalue weighted by Crippen LogP contribution is 2.19. The van der Waals surface area contributed by atoms with Crippen molar-refractivity contribution in [3.63, 3.8) is 0 Å². The van der Waals surface area contributed by atoms with Crippen LogP contribution in [0.15, 0.2) is 48.5 Å². The number of rotatable bonds is 5. The molecule has 3 heteroatoms. The van der Waals surface area contributed by atoms with E-state index in [9.17, 15) is 9.50 Å². The van der Waals surface area contributed by atoms with Gasteiger partial charge in [0.2, 0.25) is 0 Å². The number of nitrogens with one attached hydrogen (secondary N) is 1. The molecule has 2 N–H and O–H groups in total. The van der Waals surface area contributed by atoms with Gasteiger partial charge in [-0.1, -0.05) is 42.5 Å². The van der Waals surface area contributed by atoms with Gasteiger partial charge in [0.15, 0.2) is 0 Å². The maximum absolute atomic E-state index is 13.6. The van der Waals surface area contributed by atoms with Crippen LogP contribution < -0.4 is 5.32 Å². The first-order valence-electron chi connectivity index (χ1n) is 6.81. The molecule has 20 heavy (non-hydrogen) atoms. The lowest BCUT2D eigenvalue weighted by Gasteiger charge is -2.19. The summed E-state index contributed by atoms with van der Waals surface area (Å²) in [6.45, 7) is 4.41. The number of halogens is 1. The zero-order chi connectivity index (χ0) is 14.5. The standard InChI is InChI=1S/C17H20FNO/c1-12-7-3-4-8-14(12)13(2)19-11-17(20)15-9-5-6-10-16(15)18/h3-10,13,17,19-20H,11H2,1-2H3/t13-,17?/m0/s1. The number of benzene rings is 2. The van der Waals surface area contributed by atoms with Crippen molar-refractivity contribution >= 4 is 0 Å². The molecule has 0 bridgehead atoms. The third-order valence-electron chi connectivity index (χ3n) is 3.54. The van der Waals surface area contributed by atoms with Gasteiger partial charge in [0.1, 0.15) is 5.82 Å². The molecule has 0 aromatic heterocycles. The van der Waals surface area contributed by atoms with Gasteiger partial charge in [-0.15, -0.1) is 0 Å². The Kier molecular flexibility index (Phi) is 4.88. The average Bonchev–Trinajstić information content (AvgIpc) is 2.45. The Bertz CT molecular complexity index is 519. The normalized spacial score (nSPS) is 14.0. The lowest BCUT2D eigenvalue weighted by molar-refractivity contribution is 0.166. The van der Waals surface area contributed by atoms with Gasteiger partial charge in [0.05, 0.1) is 6.10 Å². The van der Waals surface area contributed by atoms with Crippen LogP contribution in [-0.4, -0.2) is 11.7 Å². The Morgan fingerprint density at radius 1 is 1.05 bits per heavy atom. The van der Waals surface area contributed by atoms with Crippen LogP contribution in [-0.2, 0) is 0 Å². The van der Waals surface area contributed by atoms with E-state index in [0.29, 0.717) is 12.1 Å². The van der Waals surface area contributed by atoms with Crippen molar-refractivity contribution < 1.29 is 9.50 Å². The number of aliphatic hydroxyl groups excluding tert-OH is 1. The van der Waals surface area contributed by atoms with E-state index in [1.54, 1.807) is 18.2 Å². The zero-order valence-electron chi connectivity index (χ0n) is 11.8. The van der Waals surface area contributed by atoms with Crippen molar-refractivity contribution in [3.05, 3.63) is 71.0 Å². The Hall–Kier alpha value is -1.71. The molecule has 2 nitrogen and oxygen atoms in total. The van der Waals surface area contributed by atoms with E-state index >= 15 is 0 Å². The fourth-order valence-electron chi connectivity index (χ4n) is 2.33. The minimum absolute atomic E-state index is 0.109. The van der Waals surface area contributed by atoms with E-state index in [1.165, 1.54) is 17.2 Å². The number of aliphatic hydroxyl groups is 1. The summed E-state index contributed by atoms with van der Waals surface area (Å²) in [5.74, 6) is -0.370. The number of aryl methyl sites for hydroxylation is 1. The molecular weight excluding hydrogens is 253 g/mol. The summed E-state index contributed by atoms with van der Waals surface area (Å²) >= 11 is 0. The minimum Gasteiger partial charge on any atom is -0.387 e. The molecule has 0 aliphatic heterocycles. The Labute approximate surface area is 119 Å². The van der Waals surface area contributed by atoms with E-state index in [1.807, 2.05) is 19.1 Å². The van der Waals surface area contributed by atoms with Crippen LogP contribution in [0.25, 0.3) is 0 Å². The second-order valence-electron chi connectivity index (χ2n) is 5.02. The van der Waals surface area contributed by atoms with Crippen LogP contribution in [0.3, 0.4) is 0 Å². The maximum Gasteiger partial charge on any atom is 0.129 e. The van der Waals surface area contributed by atoms with Crippen molar-refractivity contribution in [2.24, 2.45) is 0 Å². The van der Waals surface area contributed by atoms with Crippen LogP contribution >= 0.6 is 0 Å². The highest BCUT2D eigenvalue weighted by molar-refractivity contribution is 5.28. The van der Waals surface area contributed by atoms with E-state index in [0.717, 1.165) is 0 Å². The second kappa shape index (κ2) is 6.64. The van der Waals surface area contributed by atoms with Gasteiger partial charge in [-0.3, -0.25) is 0 Å². The molecule has 1 unspecified atom stereocenters. The maximum atomic E-state index is 13.6. The fourth-order valence-corrected chi connectivity index (χ4v) is 2.33. The van der Waals surface area contributed by atoms with E-state index in [-0.39, 0.29) is 11.9 Å². The van der Waals surface area contributed by atoms with Crippen LogP contribution in [0.2, 0.25) is 0 Å². The summed E-state index contributed by atoms with van der Waals surface area (Å²) in [6, 6.07) is 14.5. The highest BCUT2D eigenvalue weighted by atomic mass is 19.1. The number of hydrogen-bond donors (Lipinski definition) is 2. The molecule has 0 heterocycles. The molecule has 0 spiro atoms. The molecule has 2 aromatic rings. The molecule has 2 atom stereocenters. The predicted octanol–water partition coefficient (Wildman–Crippen LogP) is 3.52. The summed E-state index contributed by atoms with van der Waals surface area (Å²) in [5.41, 5.74) is 2.72. The zero-order valence-corrected chi connectivity index (χ0v) is 11.8. The van der Waals surface area contributed by atoms with Crippen molar-refractivity contribution in [2.45, 2.75) is 26.0 Å². The van der Waals surface area contributed by atoms with Crippen molar-refractivity contribution in [1.29, 1.82) is 0 Å². The average molecular weight is 273 g/mol. The van der Waals surface area contributed by atoms with Gasteiger partial charge < -0.3 is 10.4 Å². The monoisotopic (exact) mass is 273 g/mol. The van der Waals surface area contributed by atoms with Gasteiger partial charge in [0.25, 0.3) is 0 Å². The summed E-state index contributed by atoms with van der Waals surface area (Å²) in [4.78, 5) is 0. The molecule has 0 saturated heterocycles. The topological polar surface area (TPSA) is 32.3 Å². The smallest absolute Gasteiger partial charge is 0.129 e. The second-order valence-corrected chi connectivity index (χ2v) is 5.02. The molecule has 0 aliphatic rings. The van der Waals surface area contributed by atoms with Gasteiger partial charge in [0, 0.05) is 18.2 Å². The molecule has 2 rings (SSSR count). The lowest BCUT2D eigenvalue weighted by atomic mass is 10.0. The molecule has 0 amide bonds. The molecule has 0 saturated carbocycles. The highest BCUT2D eigenvalue weighted by Gasteiger charge is 2.14. The first-order chi connectivity index (χ1) is 9.59. The van der Waals surface area contributed by atoms with E-state index in [4.69, 9.17) is 0 Å². The largest absolute Gasteiger partial charge is 0.387 e. The Morgan fingerprint density at radius 2 is 1.65 bits per heavy atom. The van der Waals surface area contributed by atoms with Gasteiger partial charge >= 0.3 is 0 Å². The Morgan fingerprint density at radius 3 is 2.30 bits per heavy atom. The minimum atomic E-state index is -0.845. The summed E-state index contributed by atoms with van der Waals surface area (Å²) < 4.78 is 13.6. The third-order valence-corrected chi connectivity index (χ3v) is 3.54. The van der Waals surface area contributed by atoms with Gasteiger partial charge in [-0.05, 0) is 31.0 Å². The fraction of sp³-hybridized carbons (Fsp3) is 0.294. The number of hydrogen-bond acceptors (Lipinski definition) is 2. The Balaban J connectivity index is 1.99. The molecular formula is C17H20FNO.